The van der Waals surface area contributed by atoms with E-state index in [9.17, 15) is 4.79 Å². The molecule has 0 heterocycles. The first kappa shape index (κ1) is 14.8. The van der Waals surface area contributed by atoms with Gasteiger partial charge in [-0.3, -0.25) is 4.79 Å². The number of hydrogen-bond donors (Lipinski definition) is 0. The Bertz CT molecular complexity index is 427. The number of rotatable bonds is 6. The number of methoxy groups -OCH3 is 1. The minimum atomic E-state index is -0.117. The van der Waals surface area contributed by atoms with Gasteiger partial charge in [-0.25, -0.2) is 0 Å². The Morgan fingerprint density at radius 1 is 1.56 bits per heavy atom. The molecule has 0 radical (unpaired) electrons. The summed E-state index contributed by atoms with van der Waals surface area (Å²) >= 11 is 1.27. The maximum absolute atomic E-state index is 12.0. The molecule has 0 fully saturated rings. The van der Waals surface area contributed by atoms with Crippen molar-refractivity contribution in [3.8, 4) is 5.75 Å². The lowest BCUT2D eigenvalue weighted by Crippen LogP contribution is -2.10. The van der Waals surface area contributed by atoms with Crippen molar-refractivity contribution in [1.82, 2.24) is 0 Å². The Kier molecular flexibility index (Phi) is 5.99. The van der Waals surface area contributed by atoms with E-state index in [4.69, 9.17) is 4.74 Å². The zero-order chi connectivity index (χ0) is 13.5. The Labute approximate surface area is 113 Å². The molecule has 0 saturated carbocycles. The third-order valence-electron chi connectivity index (χ3n) is 2.91. The predicted octanol–water partition coefficient (Wildman–Crippen LogP) is 3.94. The summed E-state index contributed by atoms with van der Waals surface area (Å²) in [4.78, 5) is 12.0. The second-order valence-corrected chi connectivity index (χ2v) is 5.00. The normalized spacial score (nSPS) is 11.9. The van der Waals surface area contributed by atoms with Gasteiger partial charge in [-0.1, -0.05) is 30.0 Å². The largest absolute Gasteiger partial charge is 0.496 e. The van der Waals surface area contributed by atoms with Crippen molar-refractivity contribution in [2.75, 3.05) is 13.4 Å². The number of hydrogen-bond acceptors (Lipinski definition) is 3. The molecule has 0 aliphatic heterocycles. The molecule has 0 saturated heterocycles. The fourth-order valence-corrected chi connectivity index (χ4v) is 2.46. The molecule has 0 N–H and O–H groups in total. The first-order valence-corrected chi connectivity index (χ1v) is 7.19. The van der Waals surface area contributed by atoms with Gasteiger partial charge in [0.2, 0.25) is 0 Å². The van der Waals surface area contributed by atoms with E-state index in [2.05, 4.69) is 6.58 Å². The predicted molar refractivity (Wildman–Crippen MR) is 78.4 cm³/mol. The number of benzene rings is 1. The number of aryl methyl sites for hydroxylation is 1. The van der Waals surface area contributed by atoms with E-state index in [0.717, 1.165) is 29.7 Å². The van der Waals surface area contributed by atoms with Gasteiger partial charge in [-0.2, -0.15) is 0 Å². The van der Waals surface area contributed by atoms with Gasteiger partial charge in [0.25, 0.3) is 0 Å². The molecule has 0 bridgehead atoms. The lowest BCUT2D eigenvalue weighted by Gasteiger charge is -2.17. The van der Waals surface area contributed by atoms with Crippen LogP contribution in [0.2, 0.25) is 0 Å². The van der Waals surface area contributed by atoms with Crippen LogP contribution in [0.5, 0.6) is 5.75 Å². The van der Waals surface area contributed by atoms with Gasteiger partial charge in [-0.15, -0.1) is 6.58 Å². The molecule has 3 heteroatoms. The topological polar surface area (TPSA) is 26.3 Å². The molecule has 0 aliphatic carbocycles. The molecule has 1 unspecified atom stereocenters. The Hall–Kier alpha value is -1.22. The number of allylic oxidation sites excluding steroid dienone is 1. The van der Waals surface area contributed by atoms with Gasteiger partial charge in [0.05, 0.1) is 13.0 Å². The lowest BCUT2D eigenvalue weighted by molar-refractivity contribution is -0.112. The van der Waals surface area contributed by atoms with Crippen molar-refractivity contribution in [3.05, 3.63) is 42.0 Å². The van der Waals surface area contributed by atoms with Crippen LogP contribution in [0, 0.1) is 6.92 Å². The smallest absolute Gasteiger partial charge is 0.196 e. The van der Waals surface area contributed by atoms with Gasteiger partial charge in [0, 0.05) is 5.56 Å². The van der Waals surface area contributed by atoms with Gasteiger partial charge < -0.3 is 4.74 Å². The van der Waals surface area contributed by atoms with Crippen LogP contribution in [0.1, 0.15) is 29.9 Å². The molecular weight excluding hydrogens is 244 g/mol. The quantitative estimate of drug-likeness (QED) is 0.728. The molecule has 1 aromatic carbocycles. The highest BCUT2D eigenvalue weighted by atomic mass is 32.2. The molecule has 1 aromatic rings. The Balaban J connectivity index is 3.10. The van der Waals surface area contributed by atoms with E-state index in [1.807, 2.05) is 37.5 Å². The zero-order valence-electron chi connectivity index (χ0n) is 11.2. The molecule has 1 atom stereocenters. The van der Waals surface area contributed by atoms with Crippen molar-refractivity contribution in [3.63, 3.8) is 0 Å². The maximum Gasteiger partial charge on any atom is 0.196 e. The highest BCUT2D eigenvalue weighted by Gasteiger charge is 2.22. The number of ether oxygens (including phenoxy) is 1. The van der Waals surface area contributed by atoms with Crippen molar-refractivity contribution < 1.29 is 9.53 Å². The van der Waals surface area contributed by atoms with Gasteiger partial charge >= 0.3 is 0 Å². The summed E-state index contributed by atoms with van der Waals surface area (Å²) in [7, 11) is 1.65. The van der Waals surface area contributed by atoms with E-state index in [1.165, 1.54) is 11.8 Å². The summed E-state index contributed by atoms with van der Waals surface area (Å²) in [5.41, 5.74) is 2.11. The van der Waals surface area contributed by atoms with Gasteiger partial charge in [0.15, 0.2) is 5.12 Å². The standard InChI is InChI=1S/C15H20O2S/c1-5-6-7-13(15(16)18-4)12-9-8-11(2)10-14(12)17-3/h5,8-10,13H,1,6-7H2,2-4H3. The summed E-state index contributed by atoms with van der Waals surface area (Å²) < 4.78 is 5.39. The van der Waals surface area contributed by atoms with Crippen LogP contribution in [0.25, 0.3) is 0 Å². The molecule has 1 rings (SSSR count). The lowest BCUT2D eigenvalue weighted by atomic mass is 9.93. The van der Waals surface area contributed by atoms with Gasteiger partial charge in [0.1, 0.15) is 5.75 Å². The second-order valence-electron chi connectivity index (χ2n) is 4.19. The first-order valence-electron chi connectivity index (χ1n) is 5.97. The van der Waals surface area contributed by atoms with Crippen LogP contribution in [0.3, 0.4) is 0 Å². The Morgan fingerprint density at radius 3 is 2.83 bits per heavy atom. The van der Waals surface area contributed by atoms with Crippen LogP contribution in [-0.2, 0) is 4.79 Å². The summed E-state index contributed by atoms with van der Waals surface area (Å²) in [5, 5.41) is 0.180. The SMILES string of the molecule is C=CCCC(C(=O)SC)c1ccc(C)cc1OC. The third kappa shape index (κ3) is 3.64. The fourth-order valence-electron chi connectivity index (χ4n) is 1.93. The maximum atomic E-state index is 12.0. The summed E-state index contributed by atoms with van der Waals surface area (Å²) in [6, 6.07) is 5.99. The van der Waals surface area contributed by atoms with Crippen molar-refractivity contribution in [1.29, 1.82) is 0 Å². The monoisotopic (exact) mass is 264 g/mol. The number of thioether (sulfide) groups is 1. The molecular formula is C15H20O2S. The van der Waals surface area contributed by atoms with Crippen LogP contribution >= 0.6 is 11.8 Å². The average Bonchev–Trinajstić information content (AvgIpc) is 2.39. The van der Waals surface area contributed by atoms with E-state index >= 15 is 0 Å². The highest BCUT2D eigenvalue weighted by molar-refractivity contribution is 8.13. The van der Waals surface area contributed by atoms with Crippen molar-refractivity contribution >= 4 is 16.9 Å². The van der Waals surface area contributed by atoms with Gasteiger partial charge in [-0.05, 0) is 37.7 Å². The molecule has 0 spiro atoms. The number of carbonyl (C=O) groups excluding carboxylic acids is 1. The van der Waals surface area contributed by atoms with E-state index in [0.29, 0.717) is 0 Å². The van der Waals surface area contributed by atoms with Crippen LogP contribution < -0.4 is 4.74 Å². The first-order chi connectivity index (χ1) is 8.63. The molecule has 98 valence electrons. The summed E-state index contributed by atoms with van der Waals surface area (Å²) in [6.45, 7) is 5.73. The second kappa shape index (κ2) is 7.27. The zero-order valence-corrected chi connectivity index (χ0v) is 12.0. The van der Waals surface area contributed by atoms with Crippen LogP contribution in [0.4, 0.5) is 0 Å². The van der Waals surface area contributed by atoms with Crippen LogP contribution in [0.15, 0.2) is 30.9 Å². The van der Waals surface area contributed by atoms with E-state index in [-0.39, 0.29) is 11.0 Å². The number of carbonyl (C=O) groups is 1. The average molecular weight is 264 g/mol. The van der Waals surface area contributed by atoms with E-state index in [1.54, 1.807) is 7.11 Å². The van der Waals surface area contributed by atoms with Crippen molar-refractivity contribution in [2.45, 2.75) is 25.7 Å². The summed E-state index contributed by atoms with van der Waals surface area (Å²) in [6.07, 6.45) is 5.28. The molecule has 0 aromatic heterocycles. The molecule has 0 aliphatic rings. The Morgan fingerprint density at radius 2 is 2.28 bits per heavy atom. The van der Waals surface area contributed by atoms with E-state index < -0.39 is 0 Å². The highest BCUT2D eigenvalue weighted by Crippen LogP contribution is 2.33. The fraction of sp³-hybridized carbons (Fsp3) is 0.400. The molecule has 0 amide bonds. The minimum absolute atomic E-state index is 0.117. The third-order valence-corrected chi connectivity index (χ3v) is 3.60. The van der Waals surface area contributed by atoms with Crippen LogP contribution in [-0.4, -0.2) is 18.5 Å². The molecule has 18 heavy (non-hydrogen) atoms. The van der Waals surface area contributed by atoms with Crippen molar-refractivity contribution in [2.24, 2.45) is 0 Å². The minimum Gasteiger partial charge on any atom is -0.496 e. The summed E-state index contributed by atoms with van der Waals surface area (Å²) in [5.74, 6) is 0.681. The molecule has 2 nitrogen and oxygen atoms in total.